The molecule has 2 aromatic rings. The summed E-state index contributed by atoms with van der Waals surface area (Å²) < 4.78 is 18.4. The molecule has 0 spiro atoms. The van der Waals surface area contributed by atoms with E-state index in [-0.39, 0.29) is 5.82 Å². The predicted octanol–water partition coefficient (Wildman–Crippen LogP) is 3.97. The second-order valence-corrected chi connectivity index (χ2v) is 5.62. The van der Waals surface area contributed by atoms with E-state index in [1.165, 1.54) is 42.6 Å². The van der Waals surface area contributed by atoms with Gasteiger partial charge in [0.25, 0.3) is 0 Å². The van der Waals surface area contributed by atoms with Gasteiger partial charge in [0, 0.05) is 16.2 Å². The monoisotopic (exact) mass is 292 g/mol. The maximum atomic E-state index is 13.3. The van der Waals surface area contributed by atoms with Gasteiger partial charge in [-0.1, -0.05) is 17.7 Å². The largest absolute Gasteiger partial charge is 0.496 e. The van der Waals surface area contributed by atoms with Crippen molar-refractivity contribution in [2.45, 2.75) is 17.9 Å². The summed E-state index contributed by atoms with van der Waals surface area (Å²) in [7, 11) is 1.51. The van der Waals surface area contributed by atoms with Crippen molar-refractivity contribution in [3.05, 3.63) is 59.4 Å². The van der Waals surface area contributed by atoms with Crippen LogP contribution in [0.5, 0.6) is 5.75 Å². The molecule has 0 saturated heterocycles. The van der Waals surface area contributed by atoms with Crippen LogP contribution in [0.3, 0.4) is 0 Å². The molecule has 106 valence electrons. The molecule has 0 aliphatic carbocycles. The lowest BCUT2D eigenvalue weighted by Gasteiger charge is -2.14. The van der Waals surface area contributed by atoms with E-state index < -0.39 is 6.10 Å². The Morgan fingerprint density at radius 2 is 1.90 bits per heavy atom. The van der Waals surface area contributed by atoms with Gasteiger partial charge in [0.15, 0.2) is 0 Å². The van der Waals surface area contributed by atoms with Crippen LogP contribution in [0.15, 0.2) is 47.4 Å². The third-order valence-electron chi connectivity index (χ3n) is 2.98. The Hall–Kier alpha value is -1.52. The summed E-state index contributed by atoms with van der Waals surface area (Å²) >= 11 is 1.53. The first kappa shape index (κ1) is 14.9. The van der Waals surface area contributed by atoms with Crippen molar-refractivity contribution in [1.82, 2.24) is 0 Å². The Morgan fingerprint density at radius 1 is 1.20 bits per heavy atom. The SMILES string of the molecule is COc1ccc(F)cc1C(O)CSc1ccc(C)cc1. The van der Waals surface area contributed by atoms with E-state index >= 15 is 0 Å². The van der Waals surface area contributed by atoms with Crippen LogP contribution in [-0.2, 0) is 0 Å². The minimum absolute atomic E-state index is 0.375. The van der Waals surface area contributed by atoms with Gasteiger partial charge < -0.3 is 9.84 Å². The van der Waals surface area contributed by atoms with E-state index in [1.807, 2.05) is 31.2 Å². The standard InChI is InChI=1S/C16H17FO2S/c1-11-3-6-13(7-4-11)20-10-15(18)14-9-12(17)5-8-16(14)19-2/h3-9,15,18H,10H2,1-2H3. The van der Waals surface area contributed by atoms with Gasteiger partial charge in [-0.15, -0.1) is 11.8 Å². The van der Waals surface area contributed by atoms with Crippen LogP contribution in [0.1, 0.15) is 17.2 Å². The van der Waals surface area contributed by atoms with Crippen molar-refractivity contribution in [3.63, 3.8) is 0 Å². The van der Waals surface area contributed by atoms with Gasteiger partial charge in [0.05, 0.1) is 13.2 Å². The van der Waals surface area contributed by atoms with Crippen molar-refractivity contribution in [3.8, 4) is 5.75 Å². The summed E-state index contributed by atoms with van der Waals surface area (Å²) in [5.41, 5.74) is 1.67. The molecule has 20 heavy (non-hydrogen) atoms. The summed E-state index contributed by atoms with van der Waals surface area (Å²) in [4.78, 5) is 1.07. The maximum Gasteiger partial charge on any atom is 0.124 e. The third kappa shape index (κ3) is 3.74. The van der Waals surface area contributed by atoms with Crippen molar-refractivity contribution in [2.24, 2.45) is 0 Å². The molecule has 1 N–H and O–H groups in total. The number of rotatable bonds is 5. The van der Waals surface area contributed by atoms with Gasteiger partial charge in [-0.05, 0) is 37.3 Å². The van der Waals surface area contributed by atoms with Gasteiger partial charge in [-0.2, -0.15) is 0 Å². The summed E-state index contributed by atoms with van der Waals surface area (Å²) in [5, 5.41) is 10.2. The molecule has 0 aliphatic heterocycles. The zero-order valence-electron chi connectivity index (χ0n) is 11.5. The molecule has 1 atom stereocenters. The van der Waals surface area contributed by atoms with Crippen molar-refractivity contribution in [1.29, 1.82) is 0 Å². The van der Waals surface area contributed by atoms with Gasteiger partial charge in [0.1, 0.15) is 11.6 Å². The molecule has 0 aliphatic rings. The highest BCUT2D eigenvalue weighted by Crippen LogP contribution is 2.30. The predicted molar refractivity (Wildman–Crippen MR) is 79.8 cm³/mol. The number of hydrogen-bond acceptors (Lipinski definition) is 3. The van der Waals surface area contributed by atoms with E-state index in [2.05, 4.69) is 0 Å². The lowest BCUT2D eigenvalue weighted by atomic mass is 10.1. The lowest BCUT2D eigenvalue weighted by Crippen LogP contribution is -2.04. The van der Waals surface area contributed by atoms with Gasteiger partial charge in [-0.3, -0.25) is 0 Å². The number of aliphatic hydroxyl groups excluding tert-OH is 1. The first-order chi connectivity index (χ1) is 9.60. The topological polar surface area (TPSA) is 29.5 Å². The zero-order chi connectivity index (χ0) is 14.5. The Kier molecular flexibility index (Phi) is 5.04. The smallest absolute Gasteiger partial charge is 0.124 e. The summed E-state index contributed by atoms with van der Waals surface area (Å²) in [6.07, 6.45) is -0.771. The number of methoxy groups -OCH3 is 1. The normalized spacial score (nSPS) is 12.2. The molecule has 2 aromatic carbocycles. The van der Waals surface area contributed by atoms with Gasteiger partial charge >= 0.3 is 0 Å². The average molecular weight is 292 g/mol. The van der Waals surface area contributed by atoms with Crippen molar-refractivity contribution in [2.75, 3.05) is 12.9 Å². The molecule has 0 aromatic heterocycles. The molecule has 0 fully saturated rings. The number of benzene rings is 2. The fourth-order valence-electron chi connectivity index (χ4n) is 1.87. The van der Waals surface area contributed by atoms with Crippen LogP contribution >= 0.6 is 11.8 Å². The molecule has 0 radical (unpaired) electrons. The first-order valence-corrected chi connectivity index (χ1v) is 7.29. The average Bonchev–Trinajstić information content (AvgIpc) is 2.46. The Bertz CT molecular complexity index is 569. The third-order valence-corrected chi connectivity index (χ3v) is 4.07. The number of aryl methyl sites for hydroxylation is 1. The van der Waals surface area contributed by atoms with Crippen LogP contribution in [0.4, 0.5) is 4.39 Å². The molecule has 0 saturated carbocycles. The number of aliphatic hydroxyl groups is 1. The minimum Gasteiger partial charge on any atom is -0.496 e. The fourth-order valence-corrected chi connectivity index (χ4v) is 2.72. The quantitative estimate of drug-likeness (QED) is 0.846. The number of ether oxygens (including phenoxy) is 1. The molecule has 2 rings (SSSR count). The Morgan fingerprint density at radius 3 is 2.55 bits per heavy atom. The van der Waals surface area contributed by atoms with Crippen LogP contribution in [-0.4, -0.2) is 18.0 Å². The van der Waals surface area contributed by atoms with Gasteiger partial charge in [0.2, 0.25) is 0 Å². The highest BCUT2D eigenvalue weighted by molar-refractivity contribution is 7.99. The zero-order valence-corrected chi connectivity index (χ0v) is 12.3. The van der Waals surface area contributed by atoms with E-state index in [0.717, 1.165) is 4.90 Å². The van der Waals surface area contributed by atoms with Crippen LogP contribution in [0.2, 0.25) is 0 Å². The molecule has 0 heterocycles. The van der Waals surface area contributed by atoms with Crippen molar-refractivity contribution < 1.29 is 14.2 Å². The molecule has 2 nitrogen and oxygen atoms in total. The number of thioether (sulfide) groups is 1. The molecular weight excluding hydrogens is 275 g/mol. The second-order valence-electron chi connectivity index (χ2n) is 4.53. The number of hydrogen-bond donors (Lipinski definition) is 1. The van der Waals surface area contributed by atoms with E-state index in [0.29, 0.717) is 17.1 Å². The Labute approximate surface area is 122 Å². The summed E-state index contributed by atoms with van der Waals surface area (Å²) in [6.45, 7) is 2.03. The molecule has 4 heteroatoms. The highest BCUT2D eigenvalue weighted by atomic mass is 32.2. The van der Waals surface area contributed by atoms with E-state index in [9.17, 15) is 9.50 Å². The van der Waals surface area contributed by atoms with Crippen LogP contribution in [0, 0.1) is 12.7 Å². The van der Waals surface area contributed by atoms with E-state index in [1.54, 1.807) is 0 Å². The second kappa shape index (κ2) is 6.77. The first-order valence-electron chi connectivity index (χ1n) is 6.31. The lowest BCUT2D eigenvalue weighted by molar-refractivity contribution is 0.198. The fraction of sp³-hybridized carbons (Fsp3) is 0.250. The molecule has 0 amide bonds. The van der Waals surface area contributed by atoms with E-state index in [4.69, 9.17) is 4.74 Å². The maximum absolute atomic E-state index is 13.3. The van der Waals surface area contributed by atoms with Crippen molar-refractivity contribution >= 4 is 11.8 Å². The van der Waals surface area contributed by atoms with Crippen LogP contribution < -0.4 is 4.74 Å². The molecule has 1 unspecified atom stereocenters. The van der Waals surface area contributed by atoms with Gasteiger partial charge in [-0.25, -0.2) is 4.39 Å². The summed E-state index contributed by atoms with van der Waals surface area (Å²) in [6, 6.07) is 12.2. The number of halogens is 1. The minimum atomic E-state index is -0.771. The highest BCUT2D eigenvalue weighted by Gasteiger charge is 2.14. The molecule has 0 bridgehead atoms. The molecular formula is C16H17FO2S. The Balaban J connectivity index is 2.06. The van der Waals surface area contributed by atoms with Crippen LogP contribution in [0.25, 0.3) is 0 Å². The summed E-state index contributed by atoms with van der Waals surface area (Å²) in [5.74, 6) is 0.576.